The zero-order valence-electron chi connectivity index (χ0n) is 16.7. The van der Waals surface area contributed by atoms with E-state index >= 15 is 0 Å². The van der Waals surface area contributed by atoms with Crippen molar-refractivity contribution in [2.24, 2.45) is 5.92 Å². The molecule has 146 valence electrons. The van der Waals surface area contributed by atoms with Crippen LogP contribution in [0.4, 0.5) is 0 Å². The van der Waals surface area contributed by atoms with E-state index in [-0.39, 0.29) is 12.5 Å². The molecule has 0 N–H and O–H groups in total. The third kappa shape index (κ3) is 5.68. The average molecular weight is 370 g/mol. The number of hydrogen-bond donors (Lipinski definition) is 0. The molecule has 0 radical (unpaired) electrons. The molecule has 2 aromatic rings. The van der Waals surface area contributed by atoms with E-state index in [0.717, 1.165) is 32.6 Å². The molecule has 0 aliphatic carbocycles. The minimum Gasteiger partial charge on any atom is -0.372 e. The summed E-state index contributed by atoms with van der Waals surface area (Å²) >= 11 is 0. The van der Waals surface area contributed by atoms with Crippen molar-refractivity contribution in [1.82, 2.24) is 14.4 Å². The molecule has 0 spiro atoms. The summed E-state index contributed by atoms with van der Waals surface area (Å²) in [4.78, 5) is 15.8. The molecule has 1 aromatic carbocycles. The maximum atomic E-state index is 11.6. The van der Waals surface area contributed by atoms with Crippen molar-refractivity contribution in [3.8, 4) is 0 Å². The maximum Gasteiger partial charge on any atom is 0.248 e. The van der Waals surface area contributed by atoms with E-state index in [2.05, 4.69) is 59.0 Å². The molecule has 2 heterocycles. The Morgan fingerprint density at radius 3 is 2.85 bits per heavy atom. The van der Waals surface area contributed by atoms with Crippen LogP contribution in [0.3, 0.4) is 0 Å². The van der Waals surface area contributed by atoms with Crippen LogP contribution in [0.25, 0.3) is 0 Å². The molecule has 5 heteroatoms. The van der Waals surface area contributed by atoms with Crippen LogP contribution >= 0.6 is 0 Å². The van der Waals surface area contributed by atoms with Gasteiger partial charge in [-0.15, -0.1) is 0 Å². The molecule has 1 amide bonds. The number of carbonyl (C=O) groups excluding carboxylic acids is 1. The monoisotopic (exact) mass is 369 g/mol. The van der Waals surface area contributed by atoms with Gasteiger partial charge in [0.15, 0.2) is 0 Å². The van der Waals surface area contributed by atoms with Gasteiger partial charge >= 0.3 is 0 Å². The van der Waals surface area contributed by atoms with E-state index in [0.29, 0.717) is 12.5 Å². The molecule has 5 nitrogen and oxygen atoms in total. The van der Waals surface area contributed by atoms with Crippen LogP contribution < -0.4 is 0 Å². The molecule has 0 saturated heterocycles. The largest absolute Gasteiger partial charge is 0.372 e. The molecule has 1 atom stereocenters. The third-order valence-electron chi connectivity index (χ3n) is 5.16. The summed E-state index contributed by atoms with van der Waals surface area (Å²) in [6.07, 6.45) is 3.14. The summed E-state index contributed by atoms with van der Waals surface area (Å²) in [5.74, 6) is 0.530. The molecular weight excluding hydrogens is 338 g/mol. The van der Waals surface area contributed by atoms with Crippen LogP contribution in [-0.2, 0) is 29.2 Å². The lowest BCUT2D eigenvalue weighted by Gasteiger charge is -2.24. The molecule has 0 fully saturated rings. The highest BCUT2D eigenvalue weighted by atomic mass is 16.5. The standard InChI is InChI=1S/C22H31N3O2/c1-18-6-4-7-19(12-18)13-24-14-20(9-11-27-17-22(26)23(2)3)15-25-10-5-8-21(25)16-24/h4-8,10,12,20H,9,11,13-17H2,1-3H3/t20-/m0/s1. The Balaban J connectivity index is 1.60. The summed E-state index contributed by atoms with van der Waals surface area (Å²) < 4.78 is 7.99. The van der Waals surface area contributed by atoms with Crippen LogP contribution in [0.1, 0.15) is 23.2 Å². The highest BCUT2D eigenvalue weighted by Crippen LogP contribution is 2.21. The number of fused-ring (bicyclic) bond motifs is 1. The third-order valence-corrected chi connectivity index (χ3v) is 5.16. The van der Waals surface area contributed by atoms with Crippen molar-refractivity contribution in [2.75, 3.05) is 33.9 Å². The fourth-order valence-corrected chi connectivity index (χ4v) is 3.68. The predicted molar refractivity (Wildman–Crippen MR) is 107 cm³/mol. The summed E-state index contributed by atoms with van der Waals surface area (Å²) in [5.41, 5.74) is 4.04. The number of ether oxygens (including phenoxy) is 1. The maximum absolute atomic E-state index is 11.6. The summed E-state index contributed by atoms with van der Waals surface area (Å²) in [7, 11) is 3.52. The van der Waals surface area contributed by atoms with Crippen LogP contribution in [0.15, 0.2) is 42.6 Å². The molecule has 1 aromatic heterocycles. The number of nitrogens with zero attached hydrogens (tertiary/aromatic N) is 3. The smallest absolute Gasteiger partial charge is 0.248 e. The van der Waals surface area contributed by atoms with Gasteiger partial charge in [-0.3, -0.25) is 9.69 Å². The van der Waals surface area contributed by atoms with Crippen LogP contribution in [0.5, 0.6) is 0 Å². The highest BCUT2D eigenvalue weighted by molar-refractivity contribution is 5.76. The number of likely N-dealkylation sites (N-methyl/N-ethyl adjacent to an activating group) is 1. The summed E-state index contributed by atoms with van der Waals surface area (Å²) in [5, 5.41) is 0. The van der Waals surface area contributed by atoms with Crippen molar-refractivity contribution < 1.29 is 9.53 Å². The average Bonchev–Trinajstić information content (AvgIpc) is 2.98. The highest BCUT2D eigenvalue weighted by Gasteiger charge is 2.21. The second-order valence-electron chi connectivity index (χ2n) is 7.81. The first kappa shape index (κ1) is 19.6. The Kier molecular flexibility index (Phi) is 6.69. The van der Waals surface area contributed by atoms with E-state index in [9.17, 15) is 4.79 Å². The first-order valence-electron chi connectivity index (χ1n) is 9.71. The Morgan fingerprint density at radius 2 is 2.07 bits per heavy atom. The van der Waals surface area contributed by atoms with Gasteiger partial charge in [-0.2, -0.15) is 0 Å². The molecule has 0 unspecified atom stereocenters. The van der Waals surface area contributed by atoms with Crippen LogP contribution in [0.2, 0.25) is 0 Å². The lowest BCUT2D eigenvalue weighted by molar-refractivity contribution is -0.133. The normalized spacial score (nSPS) is 17.4. The topological polar surface area (TPSA) is 37.7 Å². The van der Waals surface area contributed by atoms with Gasteiger partial charge in [0.25, 0.3) is 0 Å². The van der Waals surface area contributed by atoms with Gasteiger partial charge in [0, 0.05) is 58.8 Å². The SMILES string of the molecule is Cc1cccc(CN2Cc3cccn3C[C@@H](CCOCC(=O)N(C)C)C2)c1. The van der Waals surface area contributed by atoms with Gasteiger partial charge in [-0.1, -0.05) is 29.8 Å². The van der Waals surface area contributed by atoms with E-state index < -0.39 is 0 Å². The fourth-order valence-electron chi connectivity index (χ4n) is 3.68. The van der Waals surface area contributed by atoms with Gasteiger partial charge in [0.2, 0.25) is 5.91 Å². The first-order chi connectivity index (χ1) is 13.0. The zero-order chi connectivity index (χ0) is 19.2. The minimum absolute atomic E-state index is 0.0182. The number of aryl methyl sites for hydroxylation is 1. The molecule has 1 aliphatic rings. The van der Waals surface area contributed by atoms with E-state index in [4.69, 9.17) is 4.74 Å². The van der Waals surface area contributed by atoms with E-state index in [1.165, 1.54) is 16.8 Å². The van der Waals surface area contributed by atoms with E-state index in [1.807, 2.05) is 0 Å². The van der Waals surface area contributed by atoms with Gasteiger partial charge in [-0.05, 0) is 37.0 Å². The molecule has 1 aliphatic heterocycles. The fraction of sp³-hybridized carbons (Fsp3) is 0.500. The van der Waals surface area contributed by atoms with E-state index in [1.54, 1.807) is 19.0 Å². The molecular formula is C22H31N3O2. The zero-order valence-corrected chi connectivity index (χ0v) is 16.7. The van der Waals surface area contributed by atoms with Gasteiger partial charge < -0.3 is 14.2 Å². The van der Waals surface area contributed by atoms with Crippen LogP contribution in [-0.4, -0.2) is 54.1 Å². The van der Waals surface area contributed by atoms with Crippen molar-refractivity contribution >= 4 is 5.91 Å². The number of benzene rings is 1. The lowest BCUT2D eigenvalue weighted by atomic mass is 10.0. The predicted octanol–water partition coefficient (Wildman–Crippen LogP) is 2.92. The van der Waals surface area contributed by atoms with Crippen LogP contribution in [0, 0.1) is 12.8 Å². The summed E-state index contributed by atoms with van der Waals surface area (Å²) in [6, 6.07) is 13.1. The Morgan fingerprint density at radius 1 is 1.22 bits per heavy atom. The summed E-state index contributed by atoms with van der Waals surface area (Å²) in [6.45, 7) is 6.92. The van der Waals surface area contributed by atoms with Crippen molar-refractivity contribution in [3.05, 3.63) is 59.4 Å². The molecule has 0 bridgehead atoms. The molecule has 0 saturated carbocycles. The number of rotatable bonds is 7. The number of aromatic nitrogens is 1. The van der Waals surface area contributed by atoms with Crippen molar-refractivity contribution in [2.45, 2.75) is 33.0 Å². The Labute approximate surface area is 162 Å². The van der Waals surface area contributed by atoms with Gasteiger partial charge in [0.05, 0.1) is 0 Å². The lowest BCUT2D eigenvalue weighted by Crippen LogP contribution is -2.29. The second-order valence-corrected chi connectivity index (χ2v) is 7.81. The Bertz CT molecular complexity index is 754. The first-order valence-corrected chi connectivity index (χ1v) is 9.71. The van der Waals surface area contributed by atoms with Gasteiger partial charge in [-0.25, -0.2) is 0 Å². The van der Waals surface area contributed by atoms with Crippen molar-refractivity contribution in [1.29, 1.82) is 0 Å². The quantitative estimate of drug-likeness (QED) is 0.705. The van der Waals surface area contributed by atoms with Gasteiger partial charge in [0.1, 0.15) is 6.61 Å². The Hall–Kier alpha value is -2.11. The number of hydrogen-bond acceptors (Lipinski definition) is 3. The van der Waals surface area contributed by atoms with Crippen molar-refractivity contribution in [3.63, 3.8) is 0 Å². The molecule has 27 heavy (non-hydrogen) atoms. The minimum atomic E-state index is 0.0182. The number of amides is 1. The molecule has 3 rings (SSSR count). The number of carbonyl (C=O) groups is 1. The second kappa shape index (κ2) is 9.20.